The molecular weight excluding hydrogens is 276 g/mol. The standard InChI is InChI=1S/C15H26O6/c1-2-9-14(18)20-12-21-15(19)11-8-6-4-3-5-7-10-13(16)17/h2-12H2,1H3,(H,16,17). The lowest BCUT2D eigenvalue weighted by Crippen LogP contribution is -2.12. The van der Waals surface area contributed by atoms with Crippen LogP contribution in [0.15, 0.2) is 0 Å². The van der Waals surface area contributed by atoms with E-state index in [0.29, 0.717) is 25.7 Å². The lowest BCUT2D eigenvalue weighted by atomic mass is 10.1. The third kappa shape index (κ3) is 14.6. The molecule has 21 heavy (non-hydrogen) atoms. The van der Waals surface area contributed by atoms with Crippen molar-refractivity contribution in [2.75, 3.05) is 6.79 Å². The number of carbonyl (C=O) groups is 3. The van der Waals surface area contributed by atoms with E-state index >= 15 is 0 Å². The summed E-state index contributed by atoms with van der Waals surface area (Å²) in [5.41, 5.74) is 0. The van der Waals surface area contributed by atoms with Gasteiger partial charge in [0.25, 0.3) is 0 Å². The van der Waals surface area contributed by atoms with E-state index in [0.717, 1.165) is 32.1 Å². The van der Waals surface area contributed by atoms with E-state index in [2.05, 4.69) is 0 Å². The number of aliphatic carboxylic acids is 1. The highest BCUT2D eigenvalue weighted by molar-refractivity contribution is 5.70. The van der Waals surface area contributed by atoms with Gasteiger partial charge in [0, 0.05) is 19.3 Å². The number of rotatable bonds is 13. The molecule has 122 valence electrons. The second-order valence-electron chi connectivity index (χ2n) is 4.92. The van der Waals surface area contributed by atoms with E-state index in [1.807, 2.05) is 6.92 Å². The van der Waals surface area contributed by atoms with Gasteiger partial charge in [-0.1, -0.05) is 32.6 Å². The Morgan fingerprint density at radius 2 is 1.24 bits per heavy atom. The van der Waals surface area contributed by atoms with Crippen LogP contribution in [0.1, 0.15) is 71.1 Å². The maximum absolute atomic E-state index is 11.3. The third-order valence-electron chi connectivity index (χ3n) is 2.92. The van der Waals surface area contributed by atoms with E-state index in [-0.39, 0.29) is 25.2 Å². The molecule has 0 bridgehead atoms. The van der Waals surface area contributed by atoms with Gasteiger partial charge in [0.1, 0.15) is 0 Å². The largest absolute Gasteiger partial charge is 0.481 e. The van der Waals surface area contributed by atoms with Crippen LogP contribution in [0, 0.1) is 0 Å². The van der Waals surface area contributed by atoms with E-state index in [9.17, 15) is 14.4 Å². The van der Waals surface area contributed by atoms with E-state index < -0.39 is 5.97 Å². The molecule has 0 heterocycles. The first-order valence-corrected chi connectivity index (χ1v) is 7.59. The van der Waals surface area contributed by atoms with Crippen molar-refractivity contribution < 1.29 is 29.0 Å². The predicted octanol–water partition coefficient (Wildman–Crippen LogP) is 3.04. The molecule has 0 radical (unpaired) electrons. The van der Waals surface area contributed by atoms with Crippen LogP contribution in [0.3, 0.4) is 0 Å². The molecule has 0 spiro atoms. The van der Waals surface area contributed by atoms with Crippen molar-refractivity contribution in [1.82, 2.24) is 0 Å². The van der Waals surface area contributed by atoms with Crippen LogP contribution < -0.4 is 0 Å². The molecule has 6 nitrogen and oxygen atoms in total. The second-order valence-corrected chi connectivity index (χ2v) is 4.92. The highest BCUT2D eigenvalue weighted by Gasteiger charge is 2.05. The first-order chi connectivity index (χ1) is 10.1. The quantitative estimate of drug-likeness (QED) is 0.319. The Hall–Kier alpha value is -1.59. The third-order valence-corrected chi connectivity index (χ3v) is 2.92. The van der Waals surface area contributed by atoms with Crippen molar-refractivity contribution in [1.29, 1.82) is 0 Å². The van der Waals surface area contributed by atoms with E-state index in [1.165, 1.54) is 0 Å². The van der Waals surface area contributed by atoms with Gasteiger partial charge < -0.3 is 14.6 Å². The Morgan fingerprint density at radius 3 is 1.76 bits per heavy atom. The Kier molecular flexibility index (Phi) is 12.4. The zero-order valence-electron chi connectivity index (χ0n) is 12.8. The molecule has 1 N–H and O–H groups in total. The minimum Gasteiger partial charge on any atom is -0.481 e. The summed E-state index contributed by atoms with van der Waals surface area (Å²) in [4.78, 5) is 32.6. The summed E-state index contributed by atoms with van der Waals surface area (Å²) in [6, 6.07) is 0. The van der Waals surface area contributed by atoms with E-state index in [4.69, 9.17) is 14.6 Å². The van der Waals surface area contributed by atoms with Crippen LogP contribution in [-0.2, 0) is 23.9 Å². The van der Waals surface area contributed by atoms with Gasteiger partial charge in [-0.15, -0.1) is 0 Å². The van der Waals surface area contributed by atoms with E-state index in [1.54, 1.807) is 0 Å². The van der Waals surface area contributed by atoms with Crippen LogP contribution in [-0.4, -0.2) is 29.8 Å². The van der Waals surface area contributed by atoms with Gasteiger partial charge in [-0.2, -0.15) is 0 Å². The topological polar surface area (TPSA) is 89.9 Å². The first kappa shape index (κ1) is 19.4. The molecule has 0 aromatic heterocycles. The number of ether oxygens (including phenoxy) is 2. The summed E-state index contributed by atoms with van der Waals surface area (Å²) >= 11 is 0. The molecule has 0 atom stereocenters. The summed E-state index contributed by atoms with van der Waals surface area (Å²) in [6.07, 6.45) is 6.82. The number of esters is 2. The number of hydrogen-bond acceptors (Lipinski definition) is 5. The molecule has 0 unspecified atom stereocenters. The summed E-state index contributed by atoms with van der Waals surface area (Å²) in [5, 5.41) is 8.47. The molecule has 0 aliphatic heterocycles. The molecule has 0 amide bonds. The molecule has 0 saturated heterocycles. The average Bonchev–Trinajstić information content (AvgIpc) is 2.41. The van der Waals surface area contributed by atoms with Crippen molar-refractivity contribution in [3.8, 4) is 0 Å². The average molecular weight is 302 g/mol. The molecular formula is C15H26O6. The highest BCUT2D eigenvalue weighted by atomic mass is 16.7. The molecule has 0 fully saturated rings. The van der Waals surface area contributed by atoms with Crippen molar-refractivity contribution in [2.24, 2.45) is 0 Å². The van der Waals surface area contributed by atoms with Crippen LogP contribution in [0.5, 0.6) is 0 Å². The molecule has 0 aromatic rings. The smallest absolute Gasteiger partial charge is 0.308 e. The number of carboxylic acid groups (broad SMARTS) is 1. The van der Waals surface area contributed by atoms with Crippen LogP contribution in [0.2, 0.25) is 0 Å². The summed E-state index contributed by atoms with van der Waals surface area (Å²) in [7, 11) is 0. The predicted molar refractivity (Wildman–Crippen MR) is 76.5 cm³/mol. The summed E-state index contributed by atoms with van der Waals surface area (Å²) in [5.74, 6) is -1.46. The van der Waals surface area contributed by atoms with Gasteiger partial charge in [-0.05, 0) is 19.3 Å². The lowest BCUT2D eigenvalue weighted by Gasteiger charge is -2.05. The summed E-state index contributed by atoms with van der Waals surface area (Å²) < 4.78 is 9.50. The second kappa shape index (κ2) is 13.4. The molecule has 0 saturated carbocycles. The SMILES string of the molecule is CCCC(=O)OCOC(=O)CCCCCCCCC(=O)O. The Bertz CT molecular complexity index is 313. The normalized spacial score (nSPS) is 10.1. The Balaban J connectivity index is 3.30. The molecule has 0 aliphatic rings. The highest BCUT2D eigenvalue weighted by Crippen LogP contribution is 2.09. The van der Waals surface area contributed by atoms with Gasteiger partial charge in [0.05, 0.1) is 0 Å². The van der Waals surface area contributed by atoms with Crippen molar-refractivity contribution in [2.45, 2.75) is 71.1 Å². The first-order valence-electron chi connectivity index (χ1n) is 7.59. The van der Waals surface area contributed by atoms with Crippen molar-refractivity contribution in [3.05, 3.63) is 0 Å². The van der Waals surface area contributed by atoms with Gasteiger partial charge in [0.15, 0.2) is 0 Å². The minimum atomic E-state index is -0.752. The maximum atomic E-state index is 11.3. The minimum absolute atomic E-state index is 0.225. The molecule has 6 heteroatoms. The molecule has 0 aliphatic carbocycles. The molecule has 0 aromatic carbocycles. The lowest BCUT2D eigenvalue weighted by molar-refractivity contribution is -0.167. The van der Waals surface area contributed by atoms with Gasteiger partial charge in [-0.25, -0.2) is 0 Å². The fourth-order valence-corrected chi connectivity index (χ4v) is 1.76. The molecule has 0 rings (SSSR count). The van der Waals surface area contributed by atoms with Gasteiger partial charge in [-0.3, -0.25) is 14.4 Å². The van der Waals surface area contributed by atoms with Gasteiger partial charge >= 0.3 is 17.9 Å². The van der Waals surface area contributed by atoms with Crippen LogP contribution in [0.25, 0.3) is 0 Å². The number of carboxylic acids is 1. The monoisotopic (exact) mass is 302 g/mol. The Labute approximate surface area is 125 Å². The van der Waals surface area contributed by atoms with Crippen LogP contribution in [0.4, 0.5) is 0 Å². The van der Waals surface area contributed by atoms with Crippen LogP contribution >= 0.6 is 0 Å². The fourth-order valence-electron chi connectivity index (χ4n) is 1.76. The zero-order valence-corrected chi connectivity index (χ0v) is 12.8. The fraction of sp³-hybridized carbons (Fsp3) is 0.800. The number of hydrogen-bond donors (Lipinski definition) is 1. The maximum Gasteiger partial charge on any atom is 0.308 e. The zero-order chi connectivity index (χ0) is 15.9. The van der Waals surface area contributed by atoms with Crippen molar-refractivity contribution >= 4 is 17.9 Å². The van der Waals surface area contributed by atoms with Crippen molar-refractivity contribution in [3.63, 3.8) is 0 Å². The number of carbonyl (C=O) groups excluding carboxylic acids is 2. The van der Waals surface area contributed by atoms with Gasteiger partial charge in [0.2, 0.25) is 6.79 Å². The summed E-state index contributed by atoms with van der Waals surface area (Å²) in [6.45, 7) is 1.57. The Morgan fingerprint density at radius 1 is 0.762 bits per heavy atom. The number of unbranched alkanes of at least 4 members (excludes halogenated alkanes) is 5.